The minimum absolute atomic E-state index is 0.205. The van der Waals surface area contributed by atoms with Crippen LogP contribution in [0.3, 0.4) is 0 Å². The topological polar surface area (TPSA) is 9.23 Å². The highest BCUT2D eigenvalue weighted by atomic mass is 16.5. The third-order valence-corrected chi connectivity index (χ3v) is 2.21. The molecule has 0 aromatic rings. The quantitative estimate of drug-likeness (QED) is 0.507. The van der Waals surface area contributed by atoms with Crippen molar-refractivity contribution in [1.82, 2.24) is 0 Å². The molecule has 0 N–H and O–H groups in total. The summed E-state index contributed by atoms with van der Waals surface area (Å²) in [6.45, 7) is 6.12. The lowest BCUT2D eigenvalue weighted by Crippen LogP contribution is -2.04. The fraction of sp³-hybridized carbons (Fsp3) is 0.909. The van der Waals surface area contributed by atoms with Crippen molar-refractivity contribution in [2.75, 3.05) is 7.11 Å². The Balaban J connectivity index is 2.90. The average Bonchev–Trinajstić information content (AvgIpc) is 2.10. The molecule has 1 nitrogen and oxygen atoms in total. The number of methoxy groups -OCH3 is 1. The summed E-state index contributed by atoms with van der Waals surface area (Å²) in [6, 6.07) is 0. The Hall–Kier alpha value is -0.0400. The van der Waals surface area contributed by atoms with Gasteiger partial charge in [0.15, 0.2) is 0 Å². The first kappa shape index (κ1) is 12.0. The fourth-order valence-electron chi connectivity index (χ4n) is 1.27. The van der Waals surface area contributed by atoms with Gasteiger partial charge in [0.25, 0.3) is 0 Å². The van der Waals surface area contributed by atoms with E-state index in [0.717, 1.165) is 6.42 Å². The van der Waals surface area contributed by atoms with Gasteiger partial charge in [-0.05, 0) is 13.3 Å². The van der Waals surface area contributed by atoms with Crippen molar-refractivity contribution in [3.8, 4) is 0 Å². The first-order valence-corrected chi connectivity index (χ1v) is 5.17. The summed E-state index contributed by atoms with van der Waals surface area (Å²) < 4.78 is 5.07. The highest BCUT2D eigenvalue weighted by Crippen LogP contribution is 2.09. The maximum Gasteiger partial charge on any atom is 0.0572 e. The van der Waals surface area contributed by atoms with E-state index >= 15 is 0 Å². The van der Waals surface area contributed by atoms with Crippen molar-refractivity contribution >= 4 is 0 Å². The smallest absolute Gasteiger partial charge is 0.0572 e. The van der Waals surface area contributed by atoms with E-state index in [-0.39, 0.29) is 6.10 Å². The van der Waals surface area contributed by atoms with Crippen LogP contribution >= 0.6 is 0 Å². The second-order valence-electron chi connectivity index (χ2n) is 3.41. The largest absolute Gasteiger partial charge is 0.381 e. The van der Waals surface area contributed by atoms with Crippen molar-refractivity contribution < 1.29 is 4.74 Å². The van der Waals surface area contributed by atoms with E-state index in [1.54, 1.807) is 7.11 Å². The lowest BCUT2D eigenvalue weighted by atomic mass is 10.1. The van der Waals surface area contributed by atoms with Crippen LogP contribution in [0.5, 0.6) is 0 Å². The van der Waals surface area contributed by atoms with E-state index in [1.807, 2.05) is 0 Å². The van der Waals surface area contributed by atoms with Gasteiger partial charge in [-0.25, -0.2) is 0 Å². The van der Waals surface area contributed by atoms with Crippen LogP contribution in [0.4, 0.5) is 0 Å². The third-order valence-electron chi connectivity index (χ3n) is 2.21. The predicted octanol–water partition coefficient (Wildman–Crippen LogP) is 3.59. The molecule has 0 aliphatic heterocycles. The molecule has 73 valence electrons. The molecule has 0 heterocycles. The van der Waals surface area contributed by atoms with E-state index in [0.29, 0.717) is 0 Å². The minimum atomic E-state index is 0.205. The Labute approximate surface area is 77.5 Å². The normalized spacial score (nSPS) is 13.2. The molecule has 1 heteroatoms. The zero-order chi connectivity index (χ0) is 9.23. The molecule has 1 unspecified atom stereocenters. The number of hydrogen-bond donors (Lipinski definition) is 0. The molecule has 0 aliphatic rings. The first-order valence-electron chi connectivity index (χ1n) is 5.17. The van der Waals surface area contributed by atoms with Gasteiger partial charge < -0.3 is 4.74 Å². The van der Waals surface area contributed by atoms with Gasteiger partial charge in [-0.2, -0.15) is 0 Å². The average molecular weight is 171 g/mol. The van der Waals surface area contributed by atoms with E-state index in [1.165, 1.54) is 38.5 Å². The van der Waals surface area contributed by atoms with Crippen LogP contribution in [-0.2, 0) is 4.74 Å². The second-order valence-corrected chi connectivity index (χ2v) is 3.41. The molecule has 0 saturated heterocycles. The zero-order valence-corrected chi connectivity index (χ0v) is 8.64. The van der Waals surface area contributed by atoms with Gasteiger partial charge in [0.05, 0.1) is 6.10 Å². The second kappa shape index (κ2) is 9.05. The first-order chi connectivity index (χ1) is 5.81. The molecule has 0 amide bonds. The van der Waals surface area contributed by atoms with Crippen molar-refractivity contribution in [3.05, 3.63) is 6.92 Å². The van der Waals surface area contributed by atoms with Crippen LogP contribution in [0.2, 0.25) is 0 Å². The summed E-state index contributed by atoms with van der Waals surface area (Å²) in [5, 5.41) is 0. The maximum absolute atomic E-state index is 5.07. The highest BCUT2D eigenvalue weighted by Gasteiger charge is 1.97. The van der Waals surface area contributed by atoms with E-state index < -0.39 is 0 Å². The number of unbranched alkanes of at least 4 members (excludes halogenated alkanes) is 5. The molecule has 0 saturated carbocycles. The molecule has 0 aromatic heterocycles. The Morgan fingerprint density at radius 2 is 1.67 bits per heavy atom. The minimum Gasteiger partial charge on any atom is -0.381 e. The van der Waals surface area contributed by atoms with Gasteiger partial charge in [-0.1, -0.05) is 45.4 Å². The summed E-state index contributed by atoms with van der Waals surface area (Å²) >= 11 is 0. The van der Waals surface area contributed by atoms with Gasteiger partial charge >= 0.3 is 0 Å². The van der Waals surface area contributed by atoms with Crippen LogP contribution in [0.1, 0.15) is 51.9 Å². The van der Waals surface area contributed by atoms with Crippen molar-refractivity contribution in [2.24, 2.45) is 0 Å². The van der Waals surface area contributed by atoms with Crippen LogP contribution in [-0.4, -0.2) is 13.2 Å². The Morgan fingerprint density at radius 1 is 1.08 bits per heavy atom. The molecule has 1 atom stereocenters. The van der Waals surface area contributed by atoms with Crippen LogP contribution in [0.15, 0.2) is 0 Å². The number of hydrogen-bond acceptors (Lipinski definition) is 1. The standard InChI is InChI=1S/C11H23O/c1-4-5-6-7-8-9-10-11(2)12-3/h11H,2,4-10H2,1,3H3. The highest BCUT2D eigenvalue weighted by molar-refractivity contribution is 4.58. The maximum atomic E-state index is 5.07. The summed E-state index contributed by atoms with van der Waals surface area (Å²) in [5.74, 6) is 0. The molecular weight excluding hydrogens is 148 g/mol. The van der Waals surface area contributed by atoms with Gasteiger partial charge in [-0.3, -0.25) is 0 Å². The zero-order valence-electron chi connectivity index (χ0n) is 8.64. The van der Waals surface area contributed by atoms with Gasteiger partial charge in [0, 0.05) is 7.11 Å². The van der Waals surface area contributed by atoms with Crippen molar-refractivity contribution in [1.29, 1.82) is 0 Å². The van der Waals surface area contributed by atoms with Crippen LogP contribution < -0.4 is 0 Å². The number of rotatable bonds is 8. The lowest BCUT2D eigenvalue weighted by molar-refractivity contribution is 0.129. The third kappa shape index (κ3) is 8.06. The molecule has 1 radical (unpaired) electrons. The lowest BCUT2D eigenvalue weighted by Gasteiger charge is -2.07. The molecule has 0 spiro atoms. The Morgan fingerprint density at radius 3 is 2.25 bits per heavy atom. The fourth-order valence-corrected chi connectivity index (χ4v) is 1.27. The molecule has 12 heavy (non-hydrogen) atoms. The SMILES string of the molecule is [CH2]C(CCCCCCCC)OC. The van der Waals surface area contributed by atoms with Gasteiger partial charge in [-0.15, -0.1) is 0 Å². The van der Waals surface area contributed by atoms with E-state index in [2.05, 4.69) is 13.8 Å². The van der Waals surface area contributed by atoms with E-state index in [9.17, 15) is 0 Å². The number of ether oxygens (including phenoxy) is 1. The molecule has 0 rings (SSSR count). The van der Waals surface area contributed by atoms with Gasteiger partial charge in [0.2, 0.25) is 0 Å². The molecule has 0 aromatic carbocycles. The monoisotopic (exact) mass is 171 g/mol. The summed E-state index contributed by atoms with van der Waals surface area (Å²) in [6.07, 6.45) is 9.42. The van der Waals surface area contributed by atoms with Gasteiger partial charge in [0.1, 0.15) is 0 Å². The molecule has 0 fully saturated rings. The molecule has 0 bridgehead atoms. The van der Waals surface area contributed by atoms with Crippen LogP contribution in [0.25, 0.3) is 0 Å². The van der Waals surface area contributed by atoms with Crippen molar-refractivity contribution in [2.45, 2.75) is 58.0 Å². The summed E-state index contributed by atoms with van der Waals surface area (Å²) in [5.41, 5.74) is 0. The molecule has 0 aliphatic carbocycles. The summed E-state index contributed by atoms with van der Waals surface area (Å²) in [7, 11) is 1.73. The predicted molar refractivity (Wildman–Crippen MR) is 54.1 cm³/mol. The molecular formula is C11H23O. The Kier molecular flexibility index (Phi) is 9.02. The van der Waals surface area contributed by atoms with Crippen LogP contribution in [0, 0.1) is 6.92 Å². The van der Waals surface area contributed by atoms with Crippen molar-refractivity contribution in [3.63, 3.8) is 0 Å². The Bertz CT molecular complexity index is 81.1. The van der Waals surface area contributed by atoms with E-state index in [4.69, 9.17) is 4.74 Å². The summed E-state index contributed by atoms with van der Waals surface area (Å²) in [4.78, 5) is 0.